The van der Waals surface area contributed by atoms with Crippen LogP contribution in [-0.4, -0.2) is 31.7 Å². The molecular formula is C29H27FN2O6S. The number of nitrogens with one attached hydrogen (secondary N) is 1. The first-order valence-electron chi connectivity index (χ1n) is 12.2. The topological polar surface area (TPSA) is 112 Å². The summed E-state index contributed by atoms with van der Waals surface area (Å²) in [6.07, 6.45) is 4.01. The van der Waals surface area contributed by atoms with Crippen LogP contribution in [-0.2, 0) is 14.8 Å². The largest absolute Gasteiger partial charge is 0.491 e. The molecule has 0 saturated carbocycles. The quantitative estimate of drug-likeness (QED) is 0.396. The monoisotopic (exact) mass is 550 g/mol. The van der Waals surface area contributed by atoms with E-state index >= 15 is 0 Å². The predicted octanol–water partition coefficient (Wildman–Crippen LogP) is 5.48. The molecule has 8 nitrogen and oxygen atoms in total. The lowest BCUT2D eigenvalue weighted by Crippen LogP contribution is -2.34. The first-order valence-corrected chi connectivity index (χ1v) is 13.6. The SMILES string of the molecule is CCOc1ccc(-c2ccc(C(=O)NS(=O)(=O)C3=CC=CCC3=O)c(Oc3c(C)cc(C)cc3C)n2)cc1F. The van der Waals surface area contributed by atoms with Gasteiger partial charge in [0.2, 0.25) is 5.88 Å². The summed E-state index contributed by atoms with van der Waals surface area (Å²) in [5.74, 6) is -1.91. The number of halogens is 1. The van der Waals surface area contributed by atoms with Crippen molar-refractivity contribution < 1.29 is 31.9 Å². The van der Waals surface area contributed by atoms with Crippen molar-refractivity contribution in [1.82, 2.24) is 9.71 Å². The fraction of sp³-hybridized carbons (Fsp3) is 0.207. The third-order valence-electron chi connectivity index (χ3n) is 5.91. The Morgan fingerprint density at radius 3 is 2.44 bits per heavy atom. The van der Waals surface area contributed by atoms with Gasteiger partial charge in [-0.05, 0) is 75.2 Å². The fourth-order valence-corrected chi connectivity index (χ4v) is 5.31. The number of pyridine rings is 1. The summed E-state index contributed by atoms with van der Waals surface area (Å²) in [7, 11) is -4.46. The van der Waals surface area contributed by atoms with Crippen molar-refractivity contribution in [3.05, 3.63) is 93.7 Å². The van der Waals surface area contributed by atoms with Crippen molar-refractivity contribution in [2.75, 3.05) is 6.61 Å². The van der Waals surface area contributed by atoms with Gasteiger partial charge in [0, 0.05) is 12.0 Å². The zero-order chi connectivity index (χ0) is 28.3. The number of Topliss-reactive ketones (excluding diaryl/α,β-unsaturated/α-hetero) is 1. The highest BCUT2D eigenvalue weighted by atomic mass is 32.2. The highest BCUT2D eigenvalue weighted by Gasteiger charge is 2.29. The van der Waals surface area contributed by atoms with Crippen LogP contribution in [0.25, 0.3) is 11.3 Å². The molecule has 0 spiro atoms. The zero-order valence-electron chi connectivity index (χ0n) is 21.9. The summed E-state index contributed by atoms with van der Waals surface area (Å²) < 4.78 is 53.5. The molecule has 3 aromatic rings. The third-order valence-corrected chi connectivity index (χ3v) is 7.31. The molecule has 1 aliphatic rings. The van der Waals surface area contributed by atoms with E-state index in [1.165, 1.54) is 36.4 Å². The molecule has 0 fully saturated rings. The molecule has 1 aromatic heterocycles. The van der Waals surface area contributed by atoms with Gasteiger partial charge in [-0.1, -0.05) is 29.8 Å². The van der Waals surface area contributed by atoms with Crippen LogP contribution in [0.15, 0.2) is 65.6 Å². The number of aryl methyl sites for hydroxylation is 3. The van der Waals surface area contributed by atoms with E-state index in [1.807, 2.05) is 37.6 Å². The molecule has 0 unspecified atom stereocenters. The van der Waals surface area contributed by atoms with E-state index in [0.29, 0.717) is 17.9 Å². The van der Waals surface area contributed by atoms with Gasteiger partial charge in [0.15, 0.2) is 17.3 Å². The average Bonchev–Trinajstić information content (AvgIpc) is 2.87. The Morgan fingerprint density at radius 2 is 1.79 bits per heavy atom. The molecule has 1 amide bonds. The molecule has 4 rings (SSSR count). The molecule has 0 radical (unpaired) electrons. The highest BCUT2D eigenvalue weighted by molar-refractivity contribution is 7.95. The molecule has 0 aliphatic heterocycles. The van der Waals surface area contributed by atoms with E-state index < -0.39 is 32.4 Å². The molecule has 202 valence electrons. The highest BCUT2D eigenvalue weighted by Crippen LogP contribution is 2.33. The minimum Gasteiger partial charge on any atom is -0.491 e. The van der Waals surface area contributed by atoms with Gasteiger partial charge in [-0.2, -0.15) is 0 Å². The van der Waals surface area contributed by atoms with Gasteiger partial charge in [0.05, 0.1) is 12.3 Å². The Kier molecular flexibility index (Phi) is 7.96. The van der Waals surface area contributed by atoms with Crippen LogP contribution in [0.3, 0.4) is 0 Å². The molecule has 39 heavy (non-hydrogen) atoms. The van der Waals surface area contributed by atoms with E-state index in [1.54, 1.807) is 13.0 Å². The first-order chi connectivity index (χ1) is 18.5. The van der Waals surface area contributed by atoms with Crippen molar-refractivity contribution in [3.63, 3.8) is 0 Å². The molecule has 0 bridgehead atoms. The van der Waals surface area contributed by atoms with Crippen LogP contribution in [0.1, 0.15) is 40.4 Å². The summed E-state index contributed by atoms with van der Waals surface area (Å²) in [4.78, 5) is 29.3. The number of sulfonamides is 1. The zero-order valence-corrected chi connectivity index (χ0v) is 22.7. The normalized spacial score (nSPS) is 13.2. The number of rotatable bonds is 8. The Balaban J connectivity index is 1.77. The summed E-state index contributed by atoms with van der Waals surface area (Å²) >= 11 is 0. The predicted molar refractivity (Wildman–Crippen MR) is 145 cm³/mol. The van der Waals surface area contributed by atoms with Crippen LogP contribution in [0, 0.1) is 26.6 Å². The number of carbonyl (C=O) groups excluding carboxylic acids is 2. The first kappa shape index (κ1) is 27.7. The summed E-state index contributed by atoms with van der Waals surface area (Å²) in [5.41, 5.74) is 3.04. The van der Waals surface area contributed by atoms with Crippen LogP contribution in [0.5, 0.6) is 17.4 Å². The van der Waals surface area contributed by atoms with E-state index in [2.05, 4.69) is 4.98 Å². The second kappa shape index (κ2) is 11.2. The standard InChI is InChI=1S/C29H27FN2O6S/c1-5-37-25-13-10-20(16-22(25)30)23-12-11-21(28(34)32-39(35,36)26-9-7-6-8-24(26)33)29(31-23)38-27-18(3)14-17(2)15-19(27)4/h6-7,9-16H,5,8H2,1-4H3,(H,32,34). The number of aromatic nitrogens is 1. The number of hydrogen-bond acceptors (Lipinski definition) is 7. The Morgan fingerprint density at radius 1 is 1.08 bits per heavy atom. The number of benzene rings is 2. The van der Waals surface area contributed by atoms with E-state index in [-0.39, 0.29) is 29.3 Å². The van der Waals surface area contributed by atoms with Crippen molar-refractivity contribution in [2.24, 2.45) is 0 Å². The van der Waals surface area contributed by atoms with Gasteiger partial charge in [0.25, 0.3) is 15.9 Å². The van der Waals surface area contributed by atoms with Gasteiger partial charge < -0.3 is 9.47 Å². The Bertz CT molecular complexity index is 1620. The smallest absolute Gasteiger partial charge is 0.270 e. The van der Waals surface area contributed by atoms with E-state index in [0.717, 1.165) is 22.8 Å². The molecule has 0 atom stereocenters. The molecule has 2 aromatic carbocycles. The molecule has 1 N–H and O–H groups in total. The average molecular weight is 551 g/mol. The summed E-state index contributed by atoms with van der Waals surface area (Å²) in [6, 6.07) is 10.9. The number of ether oxygens (including phenoxy) is 2. The lowest BCUT2D eigenvalue weighted by molar-refractivity contribution is -0.114. The number of nitrogens with zero attached hydrogens (tertiary/aromatic N) is 1. The molecule has 0 saturated heterocycles. The van der Waals surface area contributed by atoms with Gasteiger partial charge in [-0.15, -0.1) is 0 Å². The Labute approximate surface area is 226 Å². The lowest BCUT2D eigenvalue weighted by atomic mass is 10.1. The number of amides is 1. The van der Waals surface area contributed by atoms with Crippen molar-refractivity contribution >= 4 is 21.7 Å². The van der Waals surface area contributed by atoms with Gasteiger partial charge in [-0.25, -0.2) is 22.5 Å². The molecule has 10 heteroatoms. The van der Waals surface area contributed by atoms with Crippen LogP contribution >= 0.6 is 0 Å². The van der Waals surface area contributed by atoms with Gasteiger partial charge in [0.1, 0.15) is 16.2 Å². The number of allylic oxidation sites excluding steroid dienone is 4. The summed E-state index contributed by atoms with van der Waals surface area (Å²) in [5, 5.41) is 0. The third kappa shape index (κ3) is 6.06. The van der Waals surface area contributed by atoms with Crippen LogP contribution in [0.4, 0.5) is 4.39 Å². The van der Waals surface area contributed by atoms with Gasteiger partial charge in [-0.3, -0.25) is 9.59 Å². The maximum atomic E-state index is 14.6. The lowest BCUT2D eigenvalue weighted by Gasteiger charge is -2.16. The number of carbonyl (C=O) groups is 2. The number of hydrogen-bond donors (Lipinski definition) is 1. The molecular weight excluding hydrogens is 523 g/mol. The molecule has 1 heterocycles. The summed E-state index contributed by atoms with van der Waals surface area (Å²) in [6.45, 7) is 7.64. The minimum atomic E-state index is -4.46. The van der Waals surface area contributed by atoms with Crippen molar-refractivity contribution in [1.29, 1.82) is 0 Å². The Hall–Kier alpha value is -4.31. The fourth-order valence-electron chi connectivity index (χ4n) is 4.20. The van der Waals surface area contributed by atoms with E-state index in [9.17, 15) is 22.4 Å². The minimum absolute atomic E-state index is 0.0871. The van der Waals surface area contributed by atoms with Crippen molar-refractivity contribution in [2.45, 2.75) is 34.1 Å². The second-order valence-corrected chi connectivity index (χ2v) is 10.6. The maximum Gasteiger partial charge on any atom is 0.270 e. The van der Waals surface area contributed by atoms with Gasteiger partial charge >= 0.3 is 0 Å². The van der Waals surface area contributed by atoms with Crippen LogP contribution in [0.2, 0.25) is 0 Å². The number of ketones is 1. The molecule has 1 aliphatic carbocycles. The van der Waals surface area contributed by atoms with Crippen LogP contribution < -0.4 is 14.2 Å². The maximum absolute atomic E-state index is 14.6. The second-order valence-electron chi connectivity index (χ2n) is 8.98. The van der Waals surface area contributed by atoms with Crippen molar-refractivity contribution in [3.8, 4) is 28.6 Å². The van der Waals surface area contributed by atoms with E-state index in [4.69, 9.17) is 9.47 Å².